The molecule has 31 heavy (non-hydrogen) atoms. The molecule has 0 spiro atoms. The molecule has 0 atom stereocenters. The zero-order valence-electron chi connectivity index (χ0n) is 16.8. The van der Waals surface area contributed by atoms with Crippen LogP contribution in [-0.4, -0.2) is 28.3 Å². The van der Waals surface area contributed by atoms with E-state index in [1.165, 1.54) is 15.2 Å². The number of para-hydroxylation sites is 1. The van der Waals surface area contributed by atoms with E-state index in [-0.39, 0.29) is 24.6 Å². The number of esters is 1. The van der Waals surface area contributed by atoms with E-state index in [0.717, 1.165) is 16.9 Å². The van der Waals surface area contributed by atoms with Gasteiger partial charge >= 0.3 is 11.7 Å². The molecule has 2 heterocycles. The van der Waals surface area contributed by atoms with E-state index in [1.807, 2.05) is 60.7 Å². The van der Waals surface area contributed by atoms with E-state index in [9.17, 15) is 14.4 Å². The largest absolute Gasteiger partial charge is 0.490 e. The topological polar surface area (TPSA) is 79.5 Å². The molecule has 0 aliphatic carbocycles. The third-order valence-electron chi connectivity index (χ3n) is 4.72. The number of hydrogen-bond donors (Lipinski definition) is 0. The Labute approximate surface area is 181 Å². The first-order valence-electron chi connectivity index (χ1n) is 9.67. The van der Waals surface area contributed by atoms with Gasteiger partial charge in [0, 0.05) is 7.05 Å². The fourth-order valence-corrected chi connectivity index (χ4v) is 4.17. The van der Waals surface area contributed by atoms with E-state index in [0.29, 0.717) is 16.0 Å². The summed E-state index contributed by atoms with van der Waals surface area (Å²) in [5, 5.41) is 0.315. The van der Waals surface area contributed by atoms with Crippen LogP contribution < -0.4 is 16.0 Å². The molecule has 0 aliphatic heterocycles. The highest BCUT2D eigenvalue weighted by Gasteiger charge is 2.18. The SMILES string of the molecule is Cn1c(=O)n(Cc2ccccc2)c(=O)c2cc(C(=O)OCCOc3ccccc3)sc21. The van der Waals surface area contributed by atoms with Crippen LogP contribution in [0.4, 0.5) is 0 Å². The lowest BCUT2D eigenvalue weighted by molar-refractivity contribution is 0.0456. The normalized spacial score (nSPS) is 10.9. The molecule has 0 radical (unpaired) electrons. The van der Waals surface area contributed by atoms with Crippen molar-refractivity contribution in [3.63, 3.8) is 0 Å². The lowest BCUT2D eigenvalue weighted by Crippen LogP contribution is -2.38. The second-order valence-corrected chi connectivity index (χ2v) is 7.88. The molecular formula is C23H20N2O5S. The maximum Gasteiger partial charge on any atom is 0.348 e. The number of fused-ring (bicyclic) bond motifs is 1. The molecule has 0 saturated carbocycles. The predicted molar refractivity (Wildman–Crippen MR) is 119 cm³/mol. The molecule has 0 bridgehead atoms. The summed E-state index contributed by atoms with van der Waals surface area (Å²) in [5.74, 6) is 0.133. The number of rotatable bonds is 7. The second kappa shape index (κ2) is 9.01. The first-order chi connectivity index (χ1) is 15.0. The van der Waals surface area contributed by atoms with Gasteiger partial charge in [0.05, 0.1) is 11.9 Å². The van der Waals surface area contributed by atoms with Gasteiger partial charge in [-0.2, -0.15) is 0 Å². The molecule has 4 rings (SSSR count). The van der Waals surface area contributed by atoms with Gasteiger partial charge in [-0.3, -0.25) is 13.9 Å². The molecule has 0 aliphatic rings. The Bertz CT molecular complexity index is 1320. The second-order valence-electron chi connectivity index (χ2n) is 6.85. The van der Waals surface area contributed by atoms with Crippen molar-refractivity contribution in [3.8, 4) is 5.75 Å². The smallest absolute Gasteiger partial charge is 0.348 e. The molecule has 2 aromatic carbocycles. The summed E-state index contributed by atoms with van der Waals surface area (Å²) in [5.41, 5.74) is -0.0154. The maximum atomic E-state index is 12.9. The number of carbonyl (C=O) groups excluding carboxylic acids is 1. The summed E-state index contributed by atoms with van der Waals surface area (Å²) in [7, 11) is 1.59. The first kappa shape index (κ1) is 20.6. The van der Waals surface area contributed by atoms with Crippen molar-refractivity contribution in [2.45, 2.75) is 6.54 Å². The third-order valence-corrected chi connectivity index (χ3v) is 5.92. The van der Waals surface area contributed by atoms with Gasteiger partial charge in [-0.1, -0.05) is 48.5 Å². The van der Waals surface area contributed by atoms with Crippen LogP contribution in [-0.2, 0) is 18.3 Å². The molecule has 0 fully saturated rings. The summed E-state index contributed by atoms with van der Waals surface area (Å²) >= 11 is 1.06. The Morgan fingerprint density at radius 1 is 0.968 bits per heavy atom. The predicted octanol–water partition coefficient (Wildman–Crippen LogP) is 3.05. The first-order valence-corrected chi connectivity index (χ1v) is 10.5. The number of benzene rings is 2. The van der Waals surface area contributed by atoms with Crippen LogP contribution >= 0.6 is 11.3 Å². The van der Waals surface area contributed by atoms with Gasteiger partial charge in [-0.05, 0) is 23.8 Å². The Kier molecular flexibility index (Phi) is 5.99. The molecule has 0 unspecified atom stereocenters. The van der Waals surface area contributed by atoms with Gasteiger partial charge in [0.1, 0.15) is 28.7 Å². The van der Waals surface area contributed by atoms with Crippen molar-refractivity contribution >= 4 is 27.5 Å². The van der Waals surface area contributed by atoms with Crippen molar-refractivity contribution in [1.29, 1.82) is 0 Å². The molecule has 2 aromatic heterocycles. The van der Waals surface area contributed by atoms with E-state index < -0.39 is 17.2 Å². The zero-order chi connectivity index (χ0) is 21.8. The van der Waals surface area contributed by atoms with E-state index in [2.05, 4.69) is 0 Å². The van der Waals surface area contributed by atoms with Crippen molar-refractivity contribution in [2.75, 3.05) is 13.2 Å². The summed E-state index contributed by atoms with van der Waals surface area (Å²) in [4.78, 5) is 38.8. The maximum absolute atomic E-state index is 12.9. The minimum absolute atomic E-state index is 0.0686. The Hall–Kier alpha value is -3.65. The van der Waals surface area contributed by atoms with Crippen LogP contribution in [0.25, 0.3) is 10.2 Å². The van der Waals surface area contributed by atoms with Crippen LogP contribution in [0.5, 0.6) is 5.75 Å². The number of carbonyl (C=O) groups is 1. The Morgan fingerprint density at radius 3 is 2.35 bits per heavy atom. The van der Waals surface area contributed by atoms with Crippen molar-refractivity contribution in [1.82, 2.24) is 9.13 Å². The van der Waals surface area contributed by atoms with Crippen LogP contribution in [0.3, 0.4) is 0 Å². The molecule has 0 N–H and O–H groups in total. The van der Waals surface area contributed by atoms with Crippen molar-refractivity contribution in [2.24, 2.45) is 7.05 Å². The monoisotopic (exact) mass is 436 g/mol. The standard InChI is InChI=1S/C23H20N2O5S/c1-24-21-18(20(26)25(23(24)28)15-16-8-4-2-5-9-16)14-19(31-21)22(27)30-13-12-29-17-10-6-3-7-11-17/h2-11,14H,12-13,15H2,1H3. The van der Waals surface area contributed by atoms with Crippen LogP contribution in [0, 0.1) is 0 Å². The summed E-state index contributed by atoms with van der Waals surface area (Å²) in [6, 6.07) is 20.0. The molecule has 4 aromatic rings. The van der Waals surface area contributed by atoms with Crippen molar-refractivity contribution < 1.29 is 14.3 Å². The highest BCUT2D eigenvalue weighted by molar-refractivity contribution is 7.20. The average Bonchev–Trinajstić information content (AvgIpc) is 3.25. The van der Waals surface area contributed by atoms with E-state index in [4.69, 9.17) is 9.47 Å². The fraction of sp³-hybridized carbons (Fsp3) is 0.174. The lowest BCUT2D eigenvalue weighted by atomic mass is 10.2. The third kappa shape index (κ3) is 4.44. The highest BCUT2D eigenvalue weighted by Crippen LogP contribution is 2.22. The number of thiophene rings is 1. The van der Waals surface area contributed by atoms with Crippen LogP contribution in [0.15, 0.2) is 76.3 Å². The highest BCUT2D eigenvalue weighted by atomic mass is 32.1. The molecule has 0 saturated heterocycles. The summed E-state index contributed by atoms with van der Waals surface area (Å²) in [6.07, 6.45) is 0. The average molecular weight is 436 g/mol. The quantitative estimate of drug-likeness (QED) is 0.329. The number of ether oxygens (including phenoxy) is 2. The fourth-order valence-electron chi connectivity index (χ4n) is 3.17. The van der Waals surface area contributed by atoms with Gasteiger partial charge in [0.25, 0.3) is 5.56 Å². The zero-order valence-corrected chi connectivity index (χ0v) is 17.6. The summed E-state index contributed by atoms with van der Waals surface area (Å²) in [6.45, 7) is 0.441. The minimum atomic E-state index is -0.556. The Morgan fingerprint density at radius 2 is 1.65 bits per heavy atom. The molecular weight excluding hydrogens is 416 g/mol. The van der Waals surface area contributed by atoms with Gasteiger partial charge in [-0.25, -0.2) is 9.59 Å². The van der Waals surface area contributed by atoms with Crippen molar-refractivity contribution in [3.05, 3.63) is 98.0 Å². The Balaban J connectivity index is 1.52. The number of aryl methyl sites for hydroxylation is 1. The summed E-state index contributed by atoms with van der Waals surface area (Å²) < 4.78 is 13.3. The van der Waals surface area contributed by atoms with Gasteiger partial charge in [0.2, 0.25) is 0 Å². The lowest BCUT2D eigenvalue weighted by Gasteiger charge is -2.08. The molecule has 158 valence electrons. The number of hydrogen-bond acceptors (Lipinski definition) is 6. The molecule has 0 amide bonds. The van der Waals surface area contributed by atoms with E-state index >= 15 is 0 Å². The van der Waals surface area contributed by atoms with Gasteiger partial charge < -0.3 is 9.47 Å². The van der Waals surface area contributed by atoms with E-state index in [1.54, 1.807) is 7.05 Å². The molecule has 8 heteroatoms. The van der Waals surface area contributed by atoms with Gasteiger partial charge in [-0.15, -0.1) is 11.3 Å². The molecule has 7 nitrogen and oxygen atoms in total. The van der Waals surface area contributed by atoms with Crippen LogP contribution in [0.2, 0.25) is 0 Å². The minimum Gasteiger partial charge on any atom is -0.490 e. The number of nitrogens with zero attached hydrogens (tertiary/aromatic N) is 2. The van der Waals surface area contributed by atoms with Gasteiger partial charge in [0.15, 0.2) is 0 Å². The number of aromatic nitrogens is 2. The van der Waals surface area contributed by atoms with Crippen LogP contribution in [0.1, 0.15) is 15.2 Å².